The highest BCUT2D eigenvalue weighted by molar-refractivity contribution is 5.84. The number of Topliss-reactive ketones (excluding diaryl/α,β-unsaturated/α-hetero) is 1. The minimum Gasteiger partial charge on any atom is -0.393 e. The topological polar surface area (TPSA) is 57.5 Å². The third kappa shape index (κ3) is 2.30. The van der Waals surface area contributed by atoms with Crippen molar-refractivity contribution in [3.05, 3.63) is 0 Å². The Morgan fingerprint density at radius 2 is 1.66 bits per heavy atom. The molecular weight excluding hydrogens is 360 g/mol. The van der Waals surface area contributed by atoms with Gasteiger partial charge in [-0.1, -0.05) is 33.6 Å². The molecule has 0 aromatic rings. The van der Waals surface area contributed by atoms with E-state index in [0.29, 0.717) is 35.9 Å². The Morgan fingerprint density at radius 3 is 2.38 bits per heavy atom. The standard InChI is InChI=1S/C26H42O3/c1-16-13-20-21(24(4)11-8-19(28)15-26(16,24)29)9-12-23(3)22(20)14-18-7-5-6-10-25(18,23)17(2)27/h16,18-22,28-29H,5-15H2,1-4H3/t16-,18-,19+,20-,21+,22+,23+,24-,25-,26+/m1/s1. The van der Waals surface area contributed by atoms with Gasteiger partial charge in [0.25, 0.3) is 0 Å². The van der Waals surface area contributed by atoms with E-state index in [4.69, 9.17) is 0 Å². The van der Waals surface area contributed by atoms with Crippen molar-refractivity contribution in [1.82, 2.24) is 0 Å². The number of fused-ring (bicyclic) bond motifs is 7. The molecule has 0 bridgehead atoms. The first-order chi connectivity index (χ1) is 13.6. The summed E-state index contributed by atoms with van der Waals surface area (Å²) < 4.78 is 0. The Kier molecular flexibility index (Phi) is 4.46. The van der Waals surface area contributed by atoms with Crippen molar-refractivity contribution in [2.45, 2.75) is 110 Å². The zero-order chi connectivity index (χ0) is 20.8. The van der Waals surface area contributed by atoms with Gasteiger partial charge >= 0.3 is 0 Å². The lowest BCUT2D eigenvalue weighted by molar-refractivity contribution is -0.246. The maximum Gasteiger partial charge on any atom is 0.136 e. The number of rotatable bonds is 1. The van der Waals surface area contributed by atoms with Crippen molar-refractivity contribution < 1.29 is 15.0 Å². The molecule has 0 aromatic carbocycles. The first kappa shape index (κ1) is 20.5. The van der Waals surface area contributed by atoms with Gasteiger partial charge in [-0.25, -0.2) is 0 Å². The second-order valence-electron chi connectivity index (χ2n) is 12.4. The van der Waals surface area contributed by atoms with Crippen LogP contribution in [0.5, 0.6) is 0 Å². The van der Waals surface area contributed by atoms with E-state index in [1.807, 2.05) is 6.92 Å². The Hall–Kier alpha value is -0.410. The van der Waals surface area contributed by atoms with Crippen LogP contribution in [0.3, 0.4) is 0 Å². The summed E-state index contributed by atoms with van der Waals surface area (Å²) >= 11 is 0. The van der Waals surface area contributed by atoms with E-state index in [-0.39, 0.29) is 28.3 Å². The summed E-state index contributed by atoms with van der Waals surface area (Å²) in [5.41, 5.74) is -0.761. The lowest BCUT2D eigenvalue weighted by atomic mass is 9.40. The van der Waals surface area contributed by atoms with E-state index in [2.05, 4.69) is 20.8 Å². The van der Waals surface area contributed by atoms with Gasteiger partial charge in [0.05, 0.1) is 11.7 Å². The summed E-state index contributed by atoms with van der Waals surface area (Å²) in [5.74, 6) is 3.08. The largest absolute Gasteiger partial charge is 0.393 e. The molecule has 5 aliphatic rings. The van der Waals surface area contributed by atoms with Gasteiger partial charge in [-0.2, -0.15) is 0 Å². The predicted octanol–water partition coefficient (Wildman–Crippen LogP) is 5.13. The average molecular weight is 403 g/mol. The third-order valence-corrected chi connectivity index (χ3v) is 11.9. The summed E-state index contributed by atoms with van der Waals surface area (Å²) in [5, 5.41) is 22.2. The first-order valence-electron chi connectivity index (χ1n) is 12.5. The minimum atomic E-state index is -0.733. The molecule has 5 saturated carbocycles. The summed E-state index contributed by atoms with van der Waals surface area (Å²) in [7, 11) is 0. The lowest BCUT2D eigenvalue weighted by Crippen LogP contribution is -2.66. The fourth-order valence-corrected chi connectivity index (χ4v) is 10.5. The fraction of sp³-hybridized carbons (Fsp3) is 0.962. The van der Waals surface area contributed by atoms with Gasteiger partial charge in [0.2, 0.25) is 0 Å². The van der Waals surface area contributed by atoms with Crippen LogP contribution in [0.2, 0.25) is 0 Å². The van der Waals surface area contributed by atoms with E-state index >= 15 is 0 Å². The first-order valence-corrected chi connectivity index (χ1v) is 12.5. The molecule has 2 N–H and O–H groups in total. The molecule has 0 aromatic heterocycles. The molecular formula is C26H42O3. The fourth-order valence-electron chi connectivity index (χ4n) is 10.5. The minimum absolute atomic E-state index is 0.0818. The van der Waals surface area contributed by atoms with Crippen molar-refractivity contribution in [1.29, 1.82) is 0 Å². The maximum absolute atomic E-state index is 13.2. The second kappa shape index (κ2) is 6.31. The van der Waals surface area contributed by atoms with Crippen LogP contribution in [-0.2, 0) is 4.79 Å². The van der Waals surface area contributed by atoms with Gasteiger partial charge in [0.1, 0.15) is 5.78 Å². The SMILES string of the molecule is CC(=O)[C@]12CCCC[C@@H]1C[C@H]1[C@@H]3C[C@@H](C)[C@@]4(O)C[C@@H](O)CC[C@]4(C)[C@H]3CC[C@@]12C. The van der Waals surface area contributed by atoms with Crippen LogP contribution in [0.15, 0.2) is 0 Å². The van der Waals surface area contributed by atoms with Gasteiger partial charge in [-0.15, -0.1) is 0 Å². The van der Waals surface area contributed by atoms with Crippen LogP contribution in [0.1, 0.15) is 98.3 Å². The summed E-state index contributed by atoms with van der Waals surface area (Å²) in [4.78, 5) is 13.2. The Balaban J connectivity index is 1.55. The number of hydrogen-bond donors (Lipinski definition) is 2. The van der Waals surface area contributed by atoms with Gasteiger partial charge in [-0.05, 0) is 98.7 Å². The number of hydrogen-bond acceptors (Lipinski definition) is 3. The molecule has 29 heavy (non-hydrogen) atoms. The van der Waals surface area contributed by atoms with Crippen LogP contribution >= 0.6 is 0 Å². The van der Waals surface area contributed by atoms with E-state index in [1.165, 1.54) is 25.7 Å². The Morgan fingerprint density at radius 1 is 0.931 bits per heavy atom. The van der Waals surface area contributed by atoms with Crippen LogP contribution in [-0.4, -0.2) is 27.7 Å². The van der Waals surface area contributed by atoms with Crippen LogP contribution in [0.4, 0.5) is 0 Å². The van der Waals surface area contributed by atoms with E-state index in [0.717, 1.165) is 38.5 Å². The van der Waals surface area contributed by atoms with E-state index < -0.39 is 5.60 Å². The average Bonchev–Trinajstić information content (AvgIpc) is 2.95. The molecule has 5 aliphatic carbocycles. The van der Waals surface area contributed by atoms with Crippen molar-refractivity contribution in [2.75, 3.05) is 0 Å². The molecule has 0 spiro atoms. The maximum atomic E-state index is 13.2. The normalized spacial score (nSPS) is 59.2. The van der Waals surface area contributed by atoms with E-state index in [1.54, 1.807) is 0 Å². The van der Waals surface area contributed by atoms with Crippen molar-refractivity contribution >= 4 is 5.78 Å². The van der Waals surface area contributed by atoms with Gasteiger partial charge in [0, 0.05) is 11.8 Å². The summed E-state index contributed by atoms with van der Waals surface area (Å²) in [6.45, 7) is 8.96. The summed E-state index contributed by atoms with van der Waals surface area (Å²) in [6, 6.07) is 0. The number of aliphatic hydroxyl groups excluding tert-OH is 1. The molecule has 0 heterocycles. The highest BCUT2D eigenvalue weighted by Gasteiger charge is 2.71. The smallest absolute Gasteiger partial charge is 0.136 e. The second-order valence-corrected chi connectivity index (χ2v) is 12.4. The monoisotopic (exact) mass is 402 g/mol. The van der Waals surface area contributed by atoms with Gasteiger partial charge < -0.3 is 10.2 Å². The third-order valence-electron chi connectivity index (χ3n) is 11.9. The molecule has 0 amide bonds. The lowest BCUT2D eigenvalue weighted by Gasteiger charge is -2.66. The van der Waals surface area contributed by atoms with Crippen molar-refractivity contribution in [2.24, 2.45) is 45.8 Å². The van der Waals surface area contributed by atoms with Crippen molar-refractivity contribution in [3.8, 4) is 0 Å². The van der Waals surface area contributed by atoms with E-state index in [9.17, 15) is 15.0 Å². The zero-order valence-electron chi connectivity index (χ0n) is 19.0. The zero-order valence-corrected chi connectivity index (χ0v) is 19.0. The molecule has 5 fully saturated rings. The van der Waals surface area contributed by atoms with Gasteiger partial charge in [-0.3, -0.25) is 4.79 Å². The molecule has 164 valence electrons. The van der Waals surface area contributed by atoms with Gasteiger partial charge in [0.15, 0.2) is 0 Å². The number of carbonyl (C=O) groups is 1. The van der Waals surface area contributed by atoms with Crippen molar-refractivity contribution in [3.63, 3.8) is 0 Å². The number of carbonyl (C=O) groups excluding carboxylic acids is 1. The number of aliphatic hydroxyl groups is 2. The molecule has 10 atom stereocenters. The molecule has 3 nitrogen and oxygen atoms in total. The highest BCUT2D eigenvalue weighted by atomic mass is 16.3. The number of ketones is 1. The Labute approximate surface area is 177 Å². The molecule has 0 saturated heterocycles. The summed E-state index contributed by atoms with van der Waals surface area (Å²) in [6.07, 6.45) is 11.5. The highest BCUT2D eigenvalue weighted by Crippen LogP contribution is 2.75. The predicted molar refractivity (Wildman–Crippen MR) is 114 cm³/mol. The molecule has 5 rings (SSSR count). The molecule has 0 unspecified atom stereocenters. The quantitative estimate of drug-likeness (QED) is 0.639. The molecule has 3 heteroatoms. The van der Waals surface area contributed by atoms with Crippen LogP contribution < -0.4 is 0 Å². The van der Waals surface area contributed by atoms with Crippen LogP contribution in [0, 0.1) is 45.8 Å². The molecule has 0 radical (unpaired) electrons. The Bertz CT molecular complexity index is 704. The molecule has 0 aliphatic heterocycles. The van der Waals surface area contributed by atoms with Crippen LogP contribution in [0.25, 0.3) is 0 Å².